The molecule has 0 atom stereocenters. The Morgan fingerprint density at radius 1 is 0.867 bits per heavy atom. The SMILES string of the molecule is O=C(CSc1ccncc1)N(CCc1ccccc1)Cc1ccc2ccccc2n1. The lowest BCUT2D eigenvalue weighted by molar-refractivity contribution is -0.129. The molecule has 4 rings (SSSR count). The molecule has 0 fully saturated rings. The highest BCUT2D eigenvalue weighted by Gasteiger charge is 2.15. The van der Waals surface area contributed by atoms with Crippen LogP contribution in [0.2, 0.25) is 0 Å². The summed E-state index contributed by atoms with van der Waals surface area (Å²) in [5, 5.41) is 1.11. The summed E-state index contributed by atoms with van der Waals surface area (Å²) in [6, 6.07) is 26.3. The number of para-hydroxylation sites is 1. The number of carbonyl (C=O) groups is 1. The minimum Gasteiger partial charge on any atom is -0.336 e. The van der Waals surface area contributed by atoms with E-state index >= 15 is 0 Å². The predicted octanol–water partition coefficient (Wildman–Crippen LogP) is 4.99. The Bertz CT molecular complexity index is 1100. The average Bonchev–Trinajstić information content (AvgIpc) is 2.81. The van der Waals surface area contributed by atoms with Crippen LogP contribution in [0.15, 0.2) is 96.2 Å². The van der Waals surface area contributed by atoms with E-state index in [2.05, 4.69) is 29.2 Å². The molecule has 0 bridgehead atoms. The van der Waals surface area contributed by atoms with Crippen molar-refractivity contribution in [2.75, 3.05) is 12.3 Å². The summed E-state index contributed by atoms with van der Waals surface area (Å²) < 4.78 is 0. The summed E-state index contributed by atoms with van der Waals surface area (Å²) in [6.45, 7) is 1.17. The summed E-state index contributed by atoms with van der Waals surface area (Å²) >= 11 is 1.54. The molecular weight excluding hydrogens is 390 g/mol. The Kier molecular flexibility index (Phi) is 6.72. The zero-order valence-corrected chi connectivity index (χ0v) is 17.5. The second-order valence-electron chi connectivity index (χ2n) is 7.02. The van der Waals surface area contributed by atoms with Crippen LogP contribution in [0.1, 0.15) is 11.3 Å². The molecule has 0 aliphatic carbocycles. The van der Waals surface area contributed by atoms with E-state index in [9.17, 15) is 4.79 Å². The average molecular weight is 414 g/mol. The van der Waals surface area contributed by atoms with Crippen LogP contribution in [0.5, 0.6) is 0 Å². The van der Waals surface area contributed by atoms with Crippen LogP contribution < -0.4 is 0 Å². The molecule has 0 unspecified atom stereocenters. The molecule has 5 heteroatoms. The molecule has 2 heterocycles. The first-order valence-electron chi connectivity index (χ1n) is 9.97. The van der Waals surface area contributed by atoms with E-state index in [-0.39, 0.29) is 5.91 Å². The third kappa shape index (κ3) is 5.45. The lowest BCUT2D eigenvalue weighted by Gasteiger charge is -2.23. The monoisotopic (exact) mass is 413 g/mol. The van der Waals surface area contributed by atoms with Gasteiger partial charge in [0.15, 0.2) is 0 Å². The smallest absolute Gasteiger partial charge is 0.233 e. The van der Waals surface area contributed by atoms with Crippen LogP contribution in [0.25, 0.3) is 10.9 Å². The third-order valence-electron chi connectivity index (χ3n) is 4.89. The molecule has 0 aliphatic heterocycles. The van der Waals surface area contributed by atoms with Crippen LogP contribution in [-0.2, 0) is 17.8 Å². The standard InChI is InChI=1S/C25H23N3OS/c29-25(19-30-23-12-15-26-16-13-23)28(17-14-20-6-2-1-3-7-20)18-22-11-10-21-8-4-5-9-24(21)27-22/h1-13,15-16H,14,17-19H2. The van der Waals surface area contributed by atoms with Crippen molar-refractivity contribution in [2.45, 2.75) is 17.9 Å². The molecular formula is C25H23N3OS. The molecule has 150 valence electrons. The molecule has 2 aromatic heterocycles. The maximum atomic E-state index is 13.1. The lowest BCUT2D eigenvalue weighted by atomic mass is 10.1. The van der Waals surface area contributed by atoms with Crippen molar-refractivity contribution in [3.05, 3.63) is 103 Å². The Labute approximate surface area is 181 Å². The van der Waals surface area contributed by atoms with Gasteiger partial charge in [-0.2, -0.15) is 0 Å². The minimum absolute atomic E-state index is 0.114. The first-order chi connectivity index (χ1) is 14.8. The highest BCUT2D eigenvalue weighted by Crippen LogP contribution is 2.18. The topological polar surface area (TPSA) is 46.1 Å². The first kappa shape index (κ1) is 20.1. The molecule has 0 N–H and O–H groups in total. The Morgan fingerprint density at radius 2 is 1.63 bits per heavy atom. The van der Waals surface area contributed by atoms with E-state index in [0.29, 0.717) is 18.8 Å². The molecule has 2 aromatic carbocycles. The van der Waals surface area contributed by atoms with E-state index in [4.69, 9.17) is 4.98 Å². The van der Waals surface area contributed by atoms with Gasteiger partial charge in [0.05, 0.1) is 23.5 Å². The minimum atomic E-state index is 0.114. The number of fused-ring (bicyclic) bond motifs is 1. The Balaban J connectivity index is 1.48. The highest BCUT2D eigenvalue weighted by molar-refractivity contribution is 8.00. The van der Waals surface area contributed by atoms with Gasteiger partial charge in [0.2, 0.25) is 5.91 Å². The van der Waals surface area contributed by atoms with E-state index < -0.39 is 0 Å². The van der Waals surface area contributed by atoms with Gasteiger partial charge in [0, 0.05) is 29.2 Å². The number of amides is 1. The zero-order valence-electron chi connectivity index (χ0n) is 16.6. The van der Waals surface area contributed by atoms with Crippen LogP contribution in [0.4, 0.5) is 0 Å². The molecule has 0 saturated heterocycles. The number of hydrogen-bond acceptors (Lipinski definition) is 4. The fourth-order valence-corrected chi connectivity index (χ4v) is 4.05. The van der Waals surface area contributed by atoms with Crippen LogP contribution in [0, 0.1) is 0 Å². The largest absolute Gasteiger partial charge is 0.336 e. The van der Waals surface area contributed by atoms with Gasteiger partial charge in [-0.3, -0.25) is 14.8 Å². The quantitative estimate of drug-likeness (QED) is 0.382. The molecule has 0 spiro atoms. The third-order valence-corrected chi connectivity index (χ3v) is 5.88. The molecule has 4 aromatic rings. The molecule has 0 saturated carbocycles. The fourth-order valence-electron chi connectivity index (χ4n) is 3.26. The maximum Gasteiger partial charge on any atom is 0.233 e. The van der Waals surface area contributed by atoms with Crippen LogP contribution in [0.3, 0.4) is 0 Å². The van der Waals surface area contributed by atoms with E-state index in [1.807, 2.05) is 59.5 Å². The molecule has 30 heavy (non-hydrogen) atoms. The summed E-state index contributed by atoms with van der Waals surface area (Å²) in [5.41, 5.74) is 3.09. The van der Waals surface area contributed by atoms with E-state index in [0.717, 1.165) is 27.9 Å². The Morgan fingerprint density at radius 3 is 2.47 bits per heavy atom. The van der Waals surface area contributed by atoms with Crippen molar-refractivity contribution in [2.24, 2.45) is 0 Å². The van der Waals surface area contributed by atoms with Gasteiger partial charge in [0.25, 0.3) is 0 Å². The number of aromatic nitrogens is 2. The van der Waals surface area contributed by atoms with Crippen LogP contribution in [-0.4, -0.2) is 33.1 Å². The molecule has 0 aliphatic rings. The summed E-state index contributed by atoms with van der Waals surface area (Å²) in [4.78, 5) is 24.8. The lowest BCUT2D eigenvalue weighted by Crippen LogP contribution is -2.34. The van der Waals surface area contributed by atoms with Gasteiger partial charge < -0.3 is 4.90 Å². The van der Waals surface area contributed by atoms with Gasteiger partial charge >= 0.3 is 0 Å². The van der Waals surface area contributed by atoms with Crippen molar-refractivity contribution in [1.82, 2.24) is 14.9 Å². The summed E-state index contributed by atoms with van der Waals surface area (Å²) in [5.74, 6) is 0.509. The van der Waals surface area contributed by atoms with Gasteiger partial charge in [-0.1, -0.05) is 54.6 Å². The fraction of sp³-hybridized carbons (Fsp3) is 0.160. The number of nitrogens with zero attached hydrogens (tertiary/aromatic N) is 3. The number of carbonyl (C=O) groups excluding carboxylic acids is 1. The molecule has 1 amide bonds. The predicted molar refractivity (Wildman–Crippen MR) is 122 cm³/mol. The van der Waals surface area contributed by atoms with Crippen LogP contribution >= 0.6 is 11.8 Å². The van der Waals surface area contributed by atoms with Gasteiger partial charge in [-0.25, -0.2) is 0 Å². The zero-order chi connectivity index (χ0) is 20.6. The van der Waals surface area contributed by atoms with Gasteiger partial charge in [-0.05, 0) is 36.2 Å². The number of rotatable bonds is 8. The maximum absolute atomic E-state index is 13.1. The molecule has 0 radical (unpaired) electrons. The second-order valence-corrected chi connectivity index (χ2v) is 8.07. The second kappa shape index (κ2) is 10.0. The summed E-state index contributed by atoms with van der Waals surface area (Å²) in [6.07, 6.45) is 4.32. The van der Waals surface area contributed by atoms with Gasteiger partial charge in [0.1, 0.15) is 0 Å². The normalized spacial score (nSPS) is 10.8. The molecule has 4 nitrogen and oxygen atoms in total. The van der Waals surface area contributed by atoms with Crippen molar-refractivity contribution in [3.8, 4) is 0 Å². The Hall–Kier alpha value is -3.18. The van der Waals surface area contributed by atoms with Crippen molar-refractivity contribution in [3.63, 3.8) is 0 Å². The van der Waals surface area contributed by atoms with Crippen molar-refractivity contribution < 1.29 is 4.79 Å². The van der Waals surface area contributed by atoms with Crippen molar-refractivity contribution >= 4 is 28.6 Å². The number of pyridine rings is 2. The number of thioether (sulfide) groups is 1. The van der Waals surface area contributed by atoms with E-state index in [1.54, 1.807) is 24.2 Å². The van der Waals surface area contributed by atoms with Crippen molar-refractivity contribution in [1.29, 1.82) is 0 Å². The number of hydrogen-bond donors (Lipinski definition) is 0. The van der Waals surface area contributed by atoms with Gasteiger partial charge in [-0.15, -0.1) is 11.8 Å². The first-order valence-corrected chi connectivity index (χ1v) is 11.0. The summed E-state index contributed by atoms with van der Waals surface area (Å²) in [7, 11) is 0. The van der Waals surface area contributed by atoms with E-state index in [1.165, 1.54) is 5.56 Å². The number of benzene rings is 2. The highest BCUT2D eigenvalue weighted by atomic mass is 32.2.